The number of anilines is 1. The van der Waals surface area contributed by atoms with Crippen molar-refractivity contribution < 1.29 is 9.18 Å². The van der Waals surface area contributed by atoms with Crippen LogP contribution in [-0.4, -0.2) is 35.4 Å². The third-order valence-electron chi connectivity index (χ3n) is 3.40. The summed E-state index contributed by atoms with van der Waals surface area (Å²) in [6.07, 6.45) is 1.90. The molecule has 1 heterocycles. The molecule has 0 aromatic carbocycles. The zero-order chi connectivity index (χ0) is 13.9. The second-order valence-corrected chi connectivity index (χ2v) is 4.83. The van der Waals surface area contributed by atoms with Crippen molar-refractivity contribution in [2.75, 3.05) is 19.4 Å². The predicted molar refractivity (Wildman–Crippen MR) is 70.2 cm³/mol. The molecule has 0 radical (unpaired) electrons. The van der Waals surface area contributed by atoms with Gasteiger partial charge >= 0.3 is 0 Å². The number of nitrogens with zero attached hydrogens (tertiary/aromatic N) is 2. The van der Waals surface area contributed by atoms with Gasteiger partial charge in [0.25, 0.3) is 5.91 Å². The van der Waals surface area contributed by atoms with Crippen LogP contribution in [0.4, 0.5) is 10.2 Å². The smallest absolute Gasteiger partial charge is 0.257 e. The van der Waals surface area contributed by atoms with Crippen LogP contribution in [0.2, 0.25) is 0 Å². The summed E-state index contributed by atoms with van der Waals surface area (Å²) < 4.78 is 13.2. The second-order valence-electron chi connectivity index (χ2n) is 4.83. The number of carbonyl (C=O) groups excluding carboxylic acids is 1. The Kier molecular flexibility index (Phi) is 4.27. The van der Waals surface area contributed by atoms with Gasteiger partial charge in [-0.2, -0.15) is 0 Å². The Morgan fingerprint density at radius 3 is 2.67 bits per heavy atom. The molecule has 0 unspecified atom stereocenters. The molecule has 1 aromatic rings. The molecule has 0 spiro atoms. The minimum atomic E-state index is -0.514. The molecule has 1 N–H and O–H groups in total. The van der Waals surface area contributed by atoms with Crippen molar-refractivity contribution in [3.8, 4) is 0 Å². The molecule has 0 bridgehead atoms. The van der Waals surface area contributed by atoms with E-state index in [9.17, 15) is 9.18 Å². The fourth-order valence-electron chi connectivity index (χ4n) is 1.49. The van der Waals surface area contributed by atoms with E-state index in [1.54, 1.807) is 19.0 Å². The number of pyridine rings is 1. The van der Waals surface area contributed by atoms with E-state index in [1.165, 1.54) is 6.07 Å². The van der Waals surface area contributed by atoms with E-state index in [2.05, 4.69) is 10.3 Å². The van der Waals surface area contributed by atoms with Crippen LogP contribution in [0.25, 0.3) is 0 Å². The Hall–Kier alpha value is -1.65. The van der Waals surface area contributed by atoms with Gasteiger partial charge in [0.2, 0.25) is 0 Å². The zero-order valence-electron chi connectivity index (χ0n) is 11.5. The van der Waals surface area contributed by atoms with Crippen LogP contribution in [0.1, 0.15) is 37.6 Å². The van der Waals surface area contributed by atoms with Crippen LogP contribution < -0.4 is 5.32 Å². The van der Waals surface area contributed by atoms with Gasteiger partial charge in [0.15, 0.2) is 0 Å². The summed E-state index contributed by atoms with van der Waals surface area (Å²) in [5, 5.41) is 2.80. The van der Waals surface area contributed by atoms with Gasteiger partial charge in [-0.05, 0) is 26.3 Å². The lowest BCUT2D eigenvalue weighted by atomic mass is 9.99. The Morgan fingerprint density at radius 1 is 1.56 bits per heavy atom. The molecule has 1 aromatic heterocycles. The molecule has 4 nitrogen and oxygen atoms in total. The number of amides is 1. The minimum absolute atomic E-state index is 0.238. The molecular weight excluding hydrogens is 233 g/mol. The molecule has 0 aliphatic carbocycles. The van der Waals surface area contributed by atoms with Crippen molar-refractivity contribution in [2.24, 2.45) is 0 Å². The summed E-state index contributed by atoms with van der Waals surface area (Å²) in [6, 6.07) is 1.21. The molecule has 100 valence electrons. The molecule has 0 fully saturated rings. The van der Waals surface area contributed by atoms with Gasteiger partial charge in [0, 0.05) is 19.6 Å². The van der Waals surface area contributed by atoms with Crippen molar-refractivity contribution >= 4 is 11.7 Å². The van der Waals surface area contributed by atoms with Gasteiger partial charge in [0.1, 0.15) is 11.6 Å². The van der Waals surface area contributed by atoms with Gasteiger partial charge in [-0.3, -0.25) is 4.79 Å². The summed E-state index contributed by atoms with van der Waals surface area (Å²) in [4.78, 5) is 17.9. The zero-order valence-corrected chi connectivity index (χ0v) is 11.5. The van der Waals surface area contributed by atoms with E-state index in [0.29, 0.717) is 5.82 Å². The Balaban J connectivity index is 3.14. The molecular formula is C13H20FN3O. The largest absolute Gasteiger partial charge is 0.372 e. The van der Waals surface area contributed by atoms with E-state index in [1.807, 2.05) is 20.8 Å². The lowest BCUT2D eigenvalue weighted by Crippen LogP contribution is -2.44. The second kappa shape index (κ2) is 5.33. The number of hydrogen-bond acceptors (Lipinski definition) is 3. The lowest BCUT2D eigenvalue weighted by molar-refractivity contribution is 0.0620. The van der Waals surface area contributed by atoms with E-state index in [4.69, 9.17) is 0 Å². The summed E-state index contributed by atoms with van der Waals surface area (Å²) in [5.74, 6) is -0.363. The van der Waals surface area contributed by atoms with Gasteiger partial charge in [-0.25, -0.2) is 9.37 Å². The molecule has 1 amide bonds. The maximum atomic E-state index is 13.2. The molecule has 5 heteroatoms. The predicted octanol–water partition coefficient (Wildman–Crippen LogP) is 2.52. The molecule has 1 rings (SSSR count). The van der Waals surface area contributed by atoms with Crippen LogP contribution >= 0.6 is 0 Å². The van der Waals surface area contributed by atoms with Crippen molar-refractivity contribution in [1.29, 1.82) is 0 Å². The minimum Gasteiger partial charge on any atom is -0.372 e. The van der Waals surface area contributed by atoms with Gasteiger partial charge in [-0.1, -0.05) is 6.92 Å². The molecule has 0 saturated heterocycles. The van der Waals surface area contributed by atoms with Crippen molar-refractivity contribution in [2.45, 2.75) is 32.7 Å². The van der Waals surface area contributed by atoms with Crippen LogP contribution in [-0.2, 0) is 0 Å². The molecule has 0 aliphatic rings. The van der Waals surface area contributed by atoms with Gasteiger partial charge < -0.3 is 10.2 Å². The maximum Gasteiger partial charge on any atom is 0.257 e. The number of rotatable bonds is 4. The van der Waals surface area contributed by atoms with Gasteiger partial charge in [-0.15, -0.1) is 0 Å². The highest BCUT2D eigenvalue weighted by Crippen LogP contribution is 2.22. The quantitative estimate of drug-likeness (QED) is 0.896. The first kappa shape index (κ1) is 14.4. The molecule has 18 heavy (non-hydrogen) atoms. The van der Waals surface area contributed by atoms with E-state index < -0.39 is 5.82 Å². The fraction of sp³-hybridized carbons (Fsp3) is 0.538. The maximum absolute atomic E-state index is 13.2. The highest BCUT2D eigenvalue weighted by atomic mass is 19.1. The average Bonchev–Trinajstić information content (AvgIpc) is 2.36. The van der Waals surface area contributed by atoms with Crippen molar-refractivity contribution in [3.05, 3.63) is 23.6 Å². The van der Waals surface area contributed by atoms with E-state index >= 15 is 0 Å². The van der Waals surface area contributed by atoms with Crippen LogP contribution in [0.3, 0.4) is 0 Å². The Labute approximate surface area is 107 Å². The third kappa shape index (κ3) is 2.78. The topological polar surface area (TPSA) is 45.2 Å². The highest BCUT2D eigenvalue weighted by molar-refractivity contribution is 5.99. The number of halogens is 1. The number of hydrogen-bond donors (Lipinski definition) is 1. The molecule has 0 aliphatic heterocycles. The van der Waals surface area contributed by atoms with E-state index in [-0.39, 0.29) is 17.0 Å². The Morgan fingerprint density at radius 2 is 2.17 bits per heavy atom. The van der Waals surface area contributed by atoms with Crippen molar-refractivity contribution in [3.63, 3.8) is 0 Å². The van der Waals surface area contributed by atoms with Crippen LogP contribution in [0, 0.1) is 5.82 Å². The normalized spacial score (nSPS) is 11.2. The highest BCUT2D eigenvalue weighted by Gasteiger charge is 2.28. The third-order valence-corrected chi connectivity index (χ3v) is 3.40. The molecule has 0 saturated carbocycles. The number of aromatic nitrogens is 1. The summed E-state index contributed by atoms with van der Waals surface area (Å²) >= 11 is 0. The van der Waals surface area contributed by atoms with Crippen LogP contribution in [0.5, 0.6) is 0 Å². The van der Waals surface area contributed by atoms with Crippen LogP contribution in [0.15, 0.2) is 12.3 Å². The number of carbonyl (C=O) groups is 1. The first-order chi connectivity index (χ1) is 8.33. The first-order valence-corrected chi connectivity index (χ1v) is 5.95. The van der Waals surface area contributed by atoms with Crippen molar-refractivity contribution in [1.82, 2.24) is 9.88 Å². The lowest BCUT2D eigenvalue weighted by Gasteiger charge is -2.35. The average molecular weight is 253 g/mol. The first-order valence-electron chi connectivity index (χ1n) is 5.95. The summed E-state index contributed by atoms with van der Waals surface area (Å²) in [6.45, 7) is 5.94. The van der Waals surface area contributed by atoms with E-state index in [0.717, 1.165) is 12.6 Å². The fourth-order valence-corrected chi connectivity index (χ4v) is 1.49. The monoisotopic (exact) mass is 253 g/mol. The molecule has 0 atom stereocenters. The number of nitrogens with one attached hydrogen (secondary N) is 1. The Bertz CT molecular complexity index is 446. The SMILES string of the molecule is CCC(C)(C)N(C)C(=O)c1cc(F)cnc1NC. The summed E-state index contributed by atoms with van der Waals surface area (Å²) in [7, 11) is 3.37. The standard InChI is InChI=1S/C13H20FN3O/c1-6-13(2,3)17(5)12(18)10-7-9(14)8-16-11(10)15-4/h7-8H,6H2,1-5H3,(H,15,16). The summed E-state index contributed by atoms with van der Waals surface area (Å²) in [5.41, 5.74) is -0.0319. The van der Waals surface area contributed by atoms with Gasteiger partial charge in [0.05, 0.1) is 11.8 Å².